The number of likely N-dealkylation sites (N-methyl/N-ethyl adjacent to an activating group) is 1. The lowest BCUT2D eigenvalue weighted by atomic mass is 10.1. The van der Waals surface area contributed by atoms with Crippen LogP contribution < -0.4 is 21.5 Å². The molecule has 1 N–H and O–H groups in total. The Bertz CT molecular complexity index is 1600. The van der Waals surface area contributed by atoms with E-state index in [0.717, 1.165) is 11.1 Å². The third kappa shape index (κ3) is 5.25. The van der Waals surface area contributed by atoms with Gasteiger partial charge in [-0.3, -0.25) is 19.0 Å². The highest BCUT2D eigenvalue weighted by Crippen LogP contribution is 2.16. The number of fused-ring (bicyclic) bond motifs is 3. The number of rotatable bonds is 9. The summed E-state index contributed by atoms with van der Waals surface area (Å²) in [7, 11) is 1.63. The third-order valence-electron chi connectivity index (χ3n) is 6.76. The van der Waals surface area contributed by atoms with Crippen molar-refractivity contribution in [2.24, 2.45) is 5.92 Å². The van der Waals surface area contributed by atoms with E-state index in [2.05, 4.69) is 10.4 Å². The molecular formula is C28H34N6O4. The molecule has 0 aliphatic rings. The number of aryl methyl sites for hydroxylation is 1. The minimum Gasteiger partial charge on any atom is -0.350 e. The van der Waals surface area contributed by atoms with E-state index in [1.807, 2.05) is 45.9 Å². The van der Waals surface area contributed by atoms with E-state index in [0.29, 0.717) is 35.5 Å². The van der Waals surface area contributed by atoms with Crippen molar-refractivity contribution in [1.29, 1.82) is 0 Å². The normalized spacial score (nSPS) is 12.3. The van der Waals surface area contributed by atoms with Crippen molar-refractivity contribution in [2.75, 3.05) is 11.9 Å². The Morgan fingerprint density at radius 3 is 2.42 bits per heavy atom. The SMILES string of the molecule is CCC(C)NC(=O)c1ccc2c(=O)n(CCC(C)C)c3nn(CC(=O)N(C)c4ccccc4)c(=O)n3c2c1. The summed E-state index contributed by atoms with van der Waals surface area (Å²) in [5, 5.41) is 7.65. The molecule has 0 radical (unpaired) electrons. The van der Waals surface area contributed by atoms with Crippen molar-refractivity contribution in [3.63, 3.8) is 0 Å². The van der Waals surface area contributed by atoms with Crippen LogP contribution in [0.4, 0.5) is 5.69 Å². The molecule has 0 aliphatic heterocycles. The molecule has 2 amide bonds. The highest BCUT2D eigenvalue weighted by molar-refractivity contribution is 5.98. The number of carbonyl (C=O) groups excluding carboxylic acids is 2. The maximum absolute atomic E-state index is 13.6. The van der Waals surface area contributed by atoms with Gasteiger partial charge in [0.1, 0.15) is 6.54 Å². The van der Waals surface area contributed by atoms with Gasteiger partial charge in [0.2, 0.25) is 11.7 Å². The topological polar surface area (TPSA) is 111 Å². The minimum absolute atomic E-state index is 0.0275. The van der Waals surface area contributed by atoms with Crippen LogP contribution in [0.5, 0.6) is 0 Å². The Morgan fingerprint density at radius 2 is 1.76 bits per heavy atom. The number of hydrogen-bond acceptors (Lipinski definition) is 5. The second-order valence-corrected chi connectivity index (χ2v) is 10.0. The summed E-state index contributed by atoms with van der Waals surface area (Å²) in [5.74, 6) is -0.170. The minimum atomic E-state index is -0.558. The Morgan fingerprint density at radius 1 is 1.05 bits per heavy atom. The fraction of sp³-hybridized carbons (Fsp3) is 0.393. The average molecular weight is 519 g/mol. The maximum Gasteiger partial charge on any atom is 0.352 e. The number of nitrogens with one attached hydrogen (secondary N) is 1. The predicted octanol–water partition coefficient (Wildman–Crippen LogP) is 3.05. The van der Waals surface area contributed by atoms with Crippen molar-refractivity contribution < 1.29 is 9.59 Å². The molecule has 0 saturated carbocycles. The summed E-state index contributed by atoms with van der Waals surface area (Å²) in [6, 6.07) is 13.8. The number of anilines is 1. The standard InChI is InChI=1S/C28H34N6O4/c1-6-19(4)29-25(36)20-12-13-22-23(16-20)34-27(32(26(22)37)15-14-18(2)3)30-33(28(34)38)17-24(35)31(5)21-10-8-7-9-11-21/h7-13,16,18-19H,6,14-15,17H2,1-5H3,(H,29,36). The summed E-state index contributed by atoms with van der Waals surface area (Å²) in [6.07, 6.45) is 1.47. The molecule has 0 saturated heterocycles. The first-order chi connectivity index (χ1) is 18.1. The van der Waals surface area contributed by atoms with E-state index in [-0.39, 0.29) is 41.3 Å². The van der Waals surface area contributed by atoms with Gasteiger partial charge < -0.3 is 10.2 Å². The first-order valence-electron chi connectivity index (χ1n) is 12.9. The van der Waals surface area contributed by atoms with Crippen molar-refractivity contribution in [3.8, 4) is 0 Å². The Kier molecular flexibility index (Phi) is 7.80. The summed E-state index contributed by atoms with van der Waals surface area (Å²) in [5.41, 5.74) is 0.441. The van der Waals surface area contributed by atoms with Crippen LogP contribution in [0.1, 0.15) is 50.9 Å². The molecule has 38 heavy (non-hydrogen) atoms. The van der Waals surface area contributed by atoms with Crippen molar-refractivity contribution >= 4 is 34.2 Å². The molecule has 2 aromatic heterocycles. The summed E-state index contributed by atoms with van der Waals surface area (Å²) < 4.78 is 3.88. The highest BCUT2D eigenvalue weighted by atomic mass is 16.2. The highest BCUT2D eigenvalue weighted by Gasteiger charge is 2.21. The molecule has 1 atom stereocenters. The maximum atomic E-state index is 13.6. The van der Waals surface area contributed by atoms with E-state index in [9.17, 15) is 19.2 Å². The molecule has 2 heterocycles. The van der Waals surface area contributed by atoms with Gasteiger partial charge in [0, 0.05) is 30.9 Å². The molecule has 200 valence electrons. The lowest BCUT2D eigenvalue weighted by Crippen LogP contribution is -2.34. The zero-order chi connectivity index (χ0) is 27.6. The van der Waals surface area contributed by atoms with Gasteiger partial charge in [0.15, 0.2) is 0 Å². The van der Waals surface area contributed by atoms with E-state index >= 15 is 0 Å². The van der Waals surface area contributed by atoms with Crippen LogP contribution in [-0.2, 0) is 17.9 Å². The summed E-state index contributed by atoms with van der Waals surface area (Å²) >= 11 is 0. The zero-order valence-corrected chi connectivity index (χ0v) is 22.5. The van der Waals surface area contributed by atoms with Crippen LogP contribution in [0, 0.1) is 5.92 Å². The molecular weight excluding hydrogens is 484 g/mol. The van der Waals surface area contributed by atoms with Crippen molar-refractivity contribution in [3.05, 3.63) is 74.9 Å². The monoisotopic (exact) mass is 518 g/mol. The van der Waals surface area contributed by atoms with Crippen LogP contribution in [-0.4, -0.2) is 43.7 Å². The molecule has 2 aromatic carbocycles. The van der Waals surface area contributed by atoms with Crippen LogP contribution in [0.15, 0.2) is 58.1 Å². The number of aromatic nitrogens is 4. The number of nitrogens with zero attached hydrogens (tertiary/aromatic N) is 5. The lowest BCUT2D eigenvalue weighted by molar-refractivity contribution is -0.119. The van der Waals surface area contributed by atoms with Gasteiger partial charge >= 0.3 is 5.69 Å². The van der Waals surface area contributed by atoms with Gasteiger partial charge in [-0.05, 0) is 56.0 Å². The quantitative estimate of drug-likeness (QED) is 0.366. The molecule has 0 fully saturated rings. The summed E-state index contributed by atoms with van der Waals surface area (Å²) in [6.45, 7) is 8.03. The fourth-order valence-electron chi connectivity index (χ4n) is 4.19. The molecule has 0 aliphatic carbocycles. The zero-order valence-electron chi connectivity index (χ0n) is 22.5. The largest absolute Gasteiger partial charge is 0.352 e. The van der Waals surface area contributed by atoms with E-state index in [1.54, 1.807) is 37.4 Å². The van der Waals surface area contributed by atoms with Crippen LogP contribution >= 0.6 is 0 Å². The molecule has 4 rings (SSSR count). The predicted molar refractivity (Wildman–Crippen MR) is 148 cm³/mol. The van der Waals surface area contributed by atoms with Gasteiger partial charge in [0.05, 0.1) is 10.9 Å². The smallest absolute Gasteiger partial charge is 0.350 e. The van der Waals surface area contributed by atoms with Gasteiger partial charge in [0.25, 0.3) is 11.5 Å². The average Bonchev–Trinajstić information content (AvgIpc) is 3.23. The molecule has 1 unspecified atom stereocenters. The second-order valence-electron chi connectivity index (χ2n) is 10.0. The van der Waals surface area contributed by atoms with E-state index in [1.165, 1.54) is 13.9 Å². The van der Waals surface area contributed by atoms with Crippen molar-refractivity contribution in [2.45, 2.75) is 59.7 Å². The molecule has 10 nitrogen and oxygen atoms in total. The molecule has 0 spiro atoms. The third-order valence-corrected chi connectivity index (χ3v) is 6.76. The van der Waals surface area contributed by atoms with Crippen LogP contribution in [0.25, 0.3) is 16.7 Å². The number of amides is 2. The first kappa shape index (κ1) is 26.8. The molecule has 0 bridgehead atoms. The molecule has 4 aromatic rings. The number of benzene rings is 2. The molecule has 10 heteroatoms. The Labute approximate surface area is 220 Å². The lowest BCUT2D eigenvalue weighted by Gasteiger charge is -2.16. The Balaban J connectivity index is 1.86. The first-order valence-corrected chi connectivity index (χ1v) is 12.9. The van der Waals surface area contributed by atoms with E-state index < -0.39 is 5.69 Å². The van der Waals surface area contributed by atoms with Gasteiger partial charge in [-0.25, -0.2) is 13.9 Å². The summed E-state index contributed by atoms with van der Waals surface area (Å²) in [4.78, 5) is 54.5. The van der Waals surface area contributed by atoms with Crippen LogP contribution in [0.3, 0.4) is 0 Å². The van der Waals surface area contributed by atoms with Crippen molar-refractivity contribution in [1.82, 2.24) is 24.1 Å². The van der Waals surface area contributed by atoms with Crippen LogP contribution in [0.2, 0.25) is 0 Å². The number of hydrogen-bond donors (Lipinski definition) is 1. The number of para-hydroxylation sites is 1. The second kappa shape index (κ2) is 11.0. The van der Waals surface area contributed by atoms with Gasteiger partial charge in [-0.1, -0.05) is 39.0 Å². The van der Waals surface area contributed by atoms with Gasteiger partial charge in [-0.2, -0.15) is 0 Å². The van der Waals surface area contributed by atoms with Gasteiger partial charge in [-0.15, -0.1) is 5.10 Å². The van der Waals surface area contributed by atoms with E-state index in [4.69, 9.17) is 0 Å². The number of carbonyl (C=O) groups is 2. The fourth-order valence-corrected chi connectivity index (χ4v) is 4.19. The Hall–Kier alpha value is -4.21.